The fourth-order valence-electron chi connectivity index (χ4n) is 2.76. The monoisotopic (exact) mass is 330 g/mol. The van der Waals surface area contributed by atoms with E-state index in [0.29, 0.717) is 22.3 Å². The van der Waals surface area contributed by atoms with Crippen molar-refractivity contribution in [2.45, 2.75) is 32.1 Å². The molecule has 0 radical (unpaired) electrons. The molecule has 1 aliphatic rings. The Hall–Kier alpha value is -0.970. The summed E-state index contributed by atoms with van der Waals surface area (Å²) in [6.07, 6.45) is 5.32. The summed E-state index contributed by atoms with van der Waals surface area (Å²) >= 11 is 11.8. The fraction of sp³-hybridized carbons (Fsp3) is 0.533. The molecule has 1 fully saturated rings. The van der Waals surface area contributed by atoms with Crippen molar-refractivity contribution < 1.29 is 9.90 Å². The average molecular weight is 331 g/mol. The Bertz CT molecular complexity index is 482. The first-order chi connectivity index (χ1) is 10.0. The maximum absolute atomic E-state index is 11.9. The van der Waals surface area contributed by atoms with E-state index in [1.165, 1.54) is 6.42 Å². The summed E-state index contributed by atoms with van der Waals surface area (Å²) in [7, 11) is 0. The number of carbonyl (C=O) groups excluding carboxylic acids is 1. The first-order valence-electron chi connectivity index (χ1n) is 7.15. The number of nitrogens with one attached hydrogen (secondary N) is 2. The van der Waals surface area contributed by atoms with E-state index in [-0.39, 0.29) is 18.1 Å². The number of carbonyl (C=O) groups is 1. The van der Waals surface area contributed by atoms with Crippen LogP contribution in [0.25, 0.3) is 0 Å². The number of amides is 2. The Morgan fingerprint density at radius 3 is 2.33 bits per heavy atom. The number of benzene rings is 1. The molecular weight excluding hydrogens is 311 g/mol. The predicted molar refractivity (Wildman–Crippen MR) is 86.1 cm³/mol. The molecule has 116 valence electrons. The van der Waals surface area contributed by atoms with E-state index in [1.807, 2.05) is 0 Å². The van der Waals surface area contributed by atoms with E-state index in [4.69, 9.17) is 23.2 Å². The van der Waals surface area contributed by atoms with Crippen molar-refractivity contribution in [3.05, 3.63) is 28.2 Å². The number of aliphatic hydroxyl groups is 1. The van der Waals surface area contributed by atoms with Crippen LogP contribution in [0.3, 0.4) is 0 Å². The number of anilines is 1. The van der Waals surface area contributed by atoms with Gasteiger partial charge in [0.1, 0.15) is 0 Å². The van der Waals surface area contributed by atoms with Gasteiger partial charge in [-0.1, -0.05) is 42.5 Å². The molecule has 3 N–H and O–H groups in total. The fourth-order valence-corrected chi connectivity index (χ4v) is 3.29. The van der Waals surface area contributed by atoms with Crippen molar-refractivity contribution in [2.24, 2.45) is 5.41 Å². The molecule has 1 aliphatic carbocycles. The number of halogens is 2. The largest absolute Gasteiger partial charge is 0.396 e. The van der Waals surface area contributed by atoms with Gasteiger partial charge in [0.2, 0.25) is 0 Å². The molecule has 0 aromatic heterocycles. The van der Waals surface area contributed by atoms with Crippen LogP contribution in [0.2, 0.25) is 10.0 Å². The van der Waals surface area contributed by atoms with Crippen molar-refractivity contribution in [3.8, 4) is 0 Å². The molecule has 0 unspecified atom stereocenters. The zero-order valence-corrected chi connectivity index (χ0v) is 13.3. The molecule has 0 heterocycles. The van der Waals surface area contributed by atoms with Crippen molar-refractivity contribution in [2.75, 3.05) is 18.5 Å². The molecule has 1 saturated carbocycles. The molecule has 0 saturated heterocycles. The van der Waals surface area contributed by atoms with Gasteiger partial charge in [-0.05, 0) is 31.0 Å². The Balaban J connectivity index is 1.89. The minimum Gasteiger partial charge on any atom is -0.396 e. The summed E-state index contributed by atoms with van der Waals surface area (Å²) in [6.45, 7) is 0.583. The number of rotatable bonds is 4. The van der Waals surface area contributed by atoms with Gasteiger partial charge in [-0.2, -0.15) is 0 Å². The molecule has 0 spiro atoms. The lowest BCUT2D eigenvalue weighted by molar-refractivity contribution is 0.0840. The summed E-state index contributed by atoms with van der Waals surface area (Å²) in [5, 5.41) is 16.1. The van der Waals surface area contributed by atoms with E-state index >= 15 is 0 Å². The van der Waals surface area contributed by atoms with Gasteiger partial charge in [-0.25, -0.2) is 4.79 Å². The highest BCUT2D eigenvalue weighted by molar-refractivity contribution is 6.35. The molecule has 1 aromatic carbocycles. The highest BCUT2D eigenvalue weighted by Gasteiger charge is 2.31. The lowest BCUT2D eigenvalue weighted by Gasteiger charge is -2.35. The van der Waals surface area contributed by atoms with Gasteiger partial charge in [0.05, 0.1) is 6.61 Å². The molecule has 0 aliphatic heterocycles. The zero-order valence-electron chi connectivity index (χ0n) is 11.8. The minimum absolute atomic E-state index is 0.107. The van der Waals surface area contributed by atoms with Crippen molar-refractivity contribution >= 4 is 34.9 Å². The van der Waals surface area contributed by atoms with Crippen LogP contribution in [0.4, 0.5) is 10.5 Å². The Kier molecular flexibility index (Phi) is 5.73. The summed E-state index contributed by atoms with van der Waals surface area (Å²) in [5.74, 6) is 0. The molecule has 21 heavy (non-hydrogen) atoms. The lowest BCUT2D eigenvalue weighted by atomic mass is 9.74. The van der Waals surface area contributed by atoms with E-state index in [2.05, 4.69) is 10.6 Å². The molecule has 4 nitrogen and oxygen atoms in total. The Labute approximate surface area is 134 Å². The lowest BCUT2D eigenvalue weighted by Crippen LogP contribution is -2.42. The van der Waals surface area contributed by atoms with Crippen LogP contribution >= 0.6 is 23.2 Å². The minimum atomic E-state index is -0.313. The van der Waals surface area contributed by atoms with Gasteiger partial charge in [0.25, 0.3) is 0 Å². The quantitative estimate of drug-likeness (QED) is 0.779. The third-order valence-corrected chi connectivity index (χ3v) is 4.43. The van der Waals surface area contributed by atoms with Crippen LogP contribution in [0.1, 0.15) is 32.1 Å². The van der Waals surface area contributed by atoms with E-state index in [0.717, 1.165) is 25.7 Å². The second-order valence-electron chi connectivity index (χ2n) is 5.68. The average Bonchev–Trinajstić information content (AvgIpc) is 2.45. The third kappa shape index (κ3) is 4.77. The van der Waals surface area contributed by atoms with Crippen LogP contribution in [0, 0.1) is 5.41 Å². The molecule has 2 rings (SSSR count). The van der Waals surface area contributed by atoms with E-state index in [9.17, 15) is 9.90 Å². The summed E-state index contributed by atoms with van der Waals surface area (Å²) in [5.41, 5.74) is 0.369. The molecule has 2 amide bonds. The first kappa shape index (κ1) is 16.4. The summed E-state index contributed by atoms with van der Waals surface area (Å²) in [4.78, 5) is 11.9. The second kappa shape index (κ2) is 7.34. The van der Waals surface area contributed by atoms with Gasteiger partial charge in [-0.15, -0.1) is 0 Å². The van der Waals surface area contributed by atoms with Crippen LogP contribution in [0.5, 0.6) is 0 Å². The number of hydrogen-bond donors (Lipinski definition) is 3. The van der Waals surface area contributed by atoms with Gasteiger partial charge in [0.15, 0.2) is 0 Å². The SMILES string of the molecule is O=C(NCC1(CO)CCCCC1)Nc1cc(Cl)cc(Cl)c1. The molecule has 6 heteroatoms. The smallest absolute Gasteiger partial charge is 0.319 e. The Morgan fingerprint density at radius 2 is 1.76 bits per heavy atom. The number of urea groups is 1. The van der Waals surface area contributed by atoms with Gasteiger partial charge in [0, 0.05) is 27.7 Å². The van der Waals surface area contributed by atoms with Gasteiger partial charge >= 0.3 is 6.03 Å². The summed E-state index contributed by atoms with van der Waals surface area (Å²) in [6, 6.07) is 4.56. The highest BCUT2D eigenvalue weighted by Crippen LogP contribution is 2.35. The first-order valence-corrected chi connectivity index (χ1v) is 7.90. The number of aliphatic hydroxyl groups excluding tert-OH is 1. The predicted octanol–water partition coefficient (Wildman–Crippen LogP) is 4.06. The molecule has 0 bridgehead atoms. The standard InChI is InChI=1S/C15H20Cl2N2O2/c16-11-6-12(17)8-13(7-11)19-14(21)18-9-15(10-20)4-2-1-3-5-15/h6-8,20H,1-5,9-10H2,(H2,18,19,21). The van der Waals surface area contributed by atoms with Gasteiger partial charge in [-0.3, -0.25) is 0 Å². The highest BCUT2D eigenvalue weighted by atomic mass is 35.5. The van der Waals surface area contributed by atoms with Crippen molar-refractivity contribution in [1.29, 1.82) is 0 Å². The van der Waals surface area contributed by atoms with Crippen LogP contribution < -0.4 is 10.6 Å². The molecule has 1 aromatic rings. The van der Waals surface area contributed by atoms with Crippen LogP contribution in [-0.4, -0.2) is 24.3 Å². The van der Waals surface area contributed by atoms with Crippen molar-refractivity contribution in [1.82, 2.24) is 5.32 Å². The molecular formula is C15H20Cl2N2O2. The van der Waals surface area contributed by atoms with E-state index in [1.54, 1.807) is 18.2 Å². The second-order valence-corrected chi connectivity index (χ2v) is 6.56. The summed E-state index contributed by atoms with van der Waals surface area (Å²) < 4.78 is 0. The van der Waals surface area contributed by atoms with Crippen LogP contribution in [-0.2, 0) is 0 Å². The maximum atomic E-state index is 11.9. The topological polar surface area (TPSA) is 61.4 Å². The van der Waals surface area contributed by atoms with E-state index < -0.39 is 0 Å². The van der Waals surface area contributed by atoms with Crippen molar-refractivity contribution in [3.63, 3.8) is 0 Å². The van der Waals surface area contributed by atoms with Gasteiger partial charge < -0.3 is 15.7 Å². The van der Waals surface area contributed by atoms with Crippen LogP contribution in [0.15, 0.2) is 18.2 Å². The third-order valence-electron chi connectivity index (χ3n) is 3.99. The zero-order chi connectivity index (χ0) is 15.3. The number of hydrogen-bond acceptors (Lipinski definition) is 2. The normalized spacial score (nSPS) is 17.3. The maximum Gasteiger partial charge on any atom is 0.319 e. The molecule has 0 atom stereocenters. The Morgan fingerprint density at radius 1 is 1.14 bits per heavy atom.